The van der Waals surface area contributed by atoms with Crippen LogP contribution in [-0.2, 0) is 4.79 Å². The molecule has 2 rings (SSSR count). The molecule has 138 valence electrons. The maximum Gasteiger partial charge on any atom is 0.226 e. The van der Waals surface area contributed by atoms with Gasteiger partial charge in [-0.1, -0.05) is 43.2 Å². The quantitative estimate of drug-likeness (QED) is 0.687. The van der Waals surface area contributed by atoms with Gasteiger partial charge in [0.25, 0.3) is 0 Å². The highest BCUT2D eigenvalue weighted by molar-refractivity contribution is 5.93. The zero-order valence-corrected chi connectivity index (χ0v) is 16.6. The van der Waals surface area contributed by atoms with Crippen LogP contribution in [0.3, 0.4) is 0 Å². The fraction of sp³-hybridized carbons (Fsp3) is 0.591. The maximum absolute atomic E-state index is 12.6. The zero-order chi connectivity index (χ0) is 18.4. The number of rotatable bonds is 6. The van der Waals surface area contributed by atoms with E-state index in [1.54, 1.807) is 0 Å². The van der Waals surface area contributed by atoms with Gasteiger partial charge in [0.15, 0.2) is 0 Å². The summed E-state index contributed by atoms with van der Waals surface area (Å²) in [7, 11) is 0. The van der Waals surface area contributed by atoms with Gasteiger partial charge in [-0.25, -0.2) is 0 Å². The van der Waals surface area contributed by atoms with Crippen LogP contribution in [0.5, 0.6) is 0 Å². The van der Waals surface area contributed by atoms with E-state index in [-0.39, 0.29) is 5.91 Å². The molecule has 1 fully saturated rings. The Morgan fingerprint density at radius 1 is 1.20 bits per heavy atom. The van der Waals surface area contributed by atoms with Crippen LogP contribution in [0.25, 0.3) is 0 Å². The Balaban J connectivity index is 2.05. The van der Waals surface area contributed by atoms with Gasteiger partial charge in [-0.2, -0.15) is 0 Å². The zero-order valence-electron chi connectivity index (χ0n) is 16.6. The Kier molecular flexibility index (Phi) is 7.24. The first-order valence-corrected chi connectivity index (χ1v) is 9.66. The molecule has 0 aromatic heterocycles. The fourth-order valence-electron chi connectivity index (χ4n) is 3.66. The molecule has 1 heterocycles. The lowest BCUT2D eigenvalue weighted by molar-refractivity contribution is -0.119. The van der Waals surface area contributed by atoms with Crippen LogP contribution in [0.1, 0.15) is 53.9 Å². The van der Waals surface area contributed by atoms with Crippen molar-refractivity contribution in [3.05, 3.63) is 41.5 Å². The van der Waals surface area contributed by atoms with Crippen molar-refractivity contribution in [2.75, 3.05) is 24.5 Å². The van der Waals surface area contributed by atoms with Crippen LogP contribution in [0.2, 0.25) is 0 Å². The molecular formula is C22H34N2O. The van der Waals surface area contributed by atoms with Crippen molar-refractivity contribution in [3.63, 3.8) is 0 Å². The van der Waals surface area contributed by atoms with Crippen molar-refractivity contribution in [3.8, 4) is 0 Å². The summed E-state index contributed by atoms with van der Waals surface area (Å²) in [5, 5.41) is 0. The van der Waals surface area contributed by atoms with Crippen LogP contribution < -0.4 is 4.90 Å². The first kappa shape index (κ1) is 19.7. The lowest BCUT2D eigenvalue weighted by Crippen LogP contribution is -2.52. The van der Waals surface area contributed by atoms with E-state index in [4.69, 9.17) is 0 Å². The van der Waals surface area contributed by atoms with Crippen molar-refractivity contribution >= 4 is 11.6 Å². The molecule has 3 heteroatoms. The Bertz CT molecular complexity index is 589. The topological polar surface area (TPSA) is 23.6 Å². The van der Waals surface area contributed by atoms with Crippen molar-refractivity contribution in [2.45, 2.75) is 59.9 Å². The number of carbonyl (C=O) groups is 1. The second-order valence-corrected chi connectivity index (χ2v) is 7.62. The predicted octanol–water partition coefficient (Wildman–Crippen LogP) is 4.89. The minimum atomic E-state index is 0.233. The van der Waals surface area contributed by atoms with E-state index in [0.717, 1.165) is 38.2 Å². The third-order valence-electron chi connectivity index (χ3n) is 5.54. The molecule has 0 aliphatic carbocycles. The molecule has 0 radical (unpaired) electrons. The summed E-state index contributed by atoms with van der Waals surface area (Å²) in [4.78, 5) is 17.3. The van der Waals surface area contributed by atoms with Gasteiger partial charge >= 0.3 is 0 Å². The number of nitrogens with zero attached hydrogens (tertiary/aromatic N) is 2. The molecule has 1 amide bonds. The maximum atomic E-state index is 12.6. The van der Waals surface area contributed by atoms with Crippen LogP contribution >= 0.6 is 0 Å². The standard InChI is InChI=1S/C22H34N2O/c1-6-22(25)24(20-10-8-7-9-11-20)21-13-15-23(16-19(21)5)14-12-18(4)17(2)3/h7-11,19,21H,6,12-16H2,1-5H3. The van der Waals surface area contributed by atoms with E-state index in [1.165, 1.54) is 11.1 Å². The number of para-hydroxylation sites is 1. The van der Waals surface area contributed by atoms with Gasteiger partial charge in [0.1, 0.15) is 0 Å². The van der Waals surface area contributed by atoms with Gasteiger partial charge in [0.05, 0.1) is 0 Å². The number of amides is 1. The molecule has 1 aromatic rings. The Hall–Kier alpha value is -1.61. The van der Waals surface area contributed by atoms with Crippen molar-refractivity contribution < 1.29 is 4.79 Å². The average molecular weight is 343 g/mol. The number of hydrogen-bond acceptors (Lipinski definition) is 2. The van der Waals surface area contributed by atoms with Crippen molar-refractivity contribution in [1.82, 2.24) is 4.90 Å². The smallest absolute Gasteiger partial charge is 0.226 e. The molecular weight excluding hydrogens is 308 g/mol. The summed E-state index contributed by atoms with van der Waals surface area (Å²) >= 11 is 0. The molecule has 2 atom stereocenters. The number of carbonyl (C=O) groups excluding carboxylic acids is 1. The lowest BCUT2D eigenvalue weighted by Gasteiger charge is -2.43. The van der Waals surface area contributed by atoms with Gasteiger partial charge in [-0.05, 0) is 51.7 Å². The Morgan fingerprint density at radius 3 is 2.44 bits per heavy atom. The molecule has 0 spiro atoms. The van der Waals surface area contributed by atoms with E-state index < -0.39 is 0 Å². The largest absolute Gasteiger partial charge is 0.309 e. The van der Waals surface area contributed by atoms with Crippen LogP contribution in [-0.4, -0.2) is 36.5 Å². The van der Waals surface area contributed by atoms with Gasteiger partial charge < -0.3 is 9.80 Å². The Morgan fingerprint density at radius 2 is 1.88 bits per heavy atom. The lowest BCUT2D eigenvalue weighted by atomic mass is 9.91. The van der Waals surface area contributed by atoms with E-state index in [0.29, 0.717) is 18.4 Å². The van der Waals surface area contributed by atoms with Crippen LogP contribution in [0.15, 0.2) is 41.5 Å². The number of allylic oxidation sites excluding steroid dienone is 1. The number of piperidine rings is 1. The summed E-state index contributed by atoms with van der Waals surface area (Å²) < 4.78 is 0. The van der Waals surface area contributed by atoms with Crippen LogP contribution in [0, 0.1) is 5.92 Å². The summed E-state index contributed by atoms with van der Waals surface area (Å²) in [6, 6.07) is 10.5. The van der Waals surface area contributed by atoms with Crippen molar-refractivity contribution in [1.29, 1.82) is 0 Å². The van der Waals surface area contributed by atoms with Crippen LogP contribution in [0.4, 0.5) is 5.69 Å². The number of anilines is 1. The van der Waals surface area contributed by atoms with Gasteiger partial charge in [-0.3, -0.25) is 4.79 Å². The van der Waals surface area contributed by atoms with E-state index >= 15 is 0 Å². The first-order chi connectivity index (χ1) is 11.9. The molecule has 2 unspecified atom stereocenters. The number of likely N-dealkylation sites (tertiary alicyclic amines) is 1. The minimum Gasteiger partial charge on any atom is -0.309 e. The highest BCUT2D eigenvalue weighted by atomic mass is 16.2. The highest BCUT2D eigenvalue weighted by Gasteiger charge is 2.33. The molecule has 0 saturated carbocycles. The second kappa shape index (κ2) is 9.19. The summed E-state index contributed by atoms with van der Waals surface area (Å²) in [5.74, 6) is 0.716. The van der Waals surface area contributed by atoms with E-state index in [2.05, 4.69) is 49.6 Å². The summed E-state index contributed by atoms with van der Waals surface area (Å²) in [6.07, 6.45) is 2.76. The Labute approximate surface area is 153 Å². The number of hydrogen-bond donors (Lipinski definition) is 0. The molecule has 1 saturated heterocycles. The van der Waals surface area contributed by atoms with Gasteiger partial charge in [-0.15, -0.1) is 0 Å². The second-order valence-electron chi connectivity index (χ2n) is 7.62. The third-order valence-corrected chi connectivity index (χ3v) is 5.54. The molecule has 25 heavy (non-hydrogen) atoms. The SMILES string of the molecule is CCC(=O)N(c1ccccc1)C1CCN(CCC(C)=C(C)C)CC1C. The normalized spacial score (nSPS) is 21.0. The molecule has 1 aliphatic heterocycles. The summed E-state index contributed by atoms with van der Waals surface area (Å²) in [6.45, 7) is 14.1. The van der Waals surface area contributed by atoms with Gasteiger partial charge in [0, 0.05) is 37.8 Å². The third kappa shape index (κ3) is 5.18. The van der Waals surface area contributed by atoms with E-state index in [9.17, 15) is 4.79 Å². The first-order valence-electron chi connectivity index (χ1n) is 9.66. The molecule has 0 bridgehead atoms. The number of benzene rings is 1. The fourth-order valence-corrected chi connectivity index (χ4v) is 3.66. The molecule has 1 aliphatic rings. The van der Waals surface area contributed by atoms with Gasteiger partial charge in [0.2, 0.25) is 5.91 Å². The molecule has 3 nitrogen and oxygen atoms in total. The van der Waals surface area contributed by atoms with Crippen molar-refractivity contribution in [2.24, 2.45) is 5.92 Å². The predicted molar refractivity (Wildman–Crippen MR) is 107 cm³/mol. The molecule has 0 N–H and O–H groups in total. The summed E-state index contributed by atoms with van der Waals surface area (Å²) in [5.41, 5.74) is 3.98. The average Bonchev–Trinajstić information content (AvgIpc) is 2.62. The highest BCUT2D eigenvalue weighted by Crippen LogP contribution is 2.28. The van der Waals surface area contributed by atoms with E-state index in [1.807, 2.05) is 25.1 Å². The monoisotopic (exact) mass is 342 g/mol. The molecule has 1 aromatic carbocycles. The minimum absolute atomic E-state index is 0.233.